The standard InChI is InChI=1S/C15H17ClFNO3/c1-2-21-15(20)10-4-3-7-18(9-10)14(19)12-8-11(16)5-6-13(12)17/h5-6,8,10H,2-4,7,9H2,1H3. The maximum absolute atomic E-state index is 13.8. The highest BCUT2D eigenvalue weighted by molar-refractivity contribution is 6.31. The second-order valence-electron chi connectivity index (χ2n) is 4.97. The molecule has 2 rings (SSSR count). The second kappa shape index (κ2) is 6.89. The number of benzene rings is 1. The van der Waals surface area contributed by atoms with Crippen LogP contribution in [0.25, 0.3) is 0 Å². The van der Waals surface area contributed by atoms with Gasteiger partial charge in [-0.2, -0.15) is 0 Å². The Kier molecular flexibility index (Phi) is 5.17. The molecular weight excluding hydrogens is 297 g/mol. The lowest BCUT2D eigenvalue weighted by Crippen LogP contribution is -2.43. The minimum Gasteiger partial charge on any atom is -0.466 e. The number of hydrogen-bond acceptors (Lipinski definition) is 3. The van der Waals surface area contributed by atoms with Gasteiger partial charge in [0.05, 0.1) is 18.1 Å². The Bertz CT molecular complexity index is 550. The Hall–Kier alpha value is -1.62. The smallest absolute Gasteiger partial charge is 0.310 e. The minimum absolute atomic E-state index is 0.0630. The van der Waals surface area contributed by atoms with Crippen LogP contribution in [0.1, 0.15) is 30.1 Å². The van der Waals surface area contributed by atoms with Crippen LogP contribution in [-0.4, -0.2) is 36.5 Å². The summed E-state index contributed by atoms with van der Waals surface area (Å²) < 4.78 is 18.7. The molecule has 0 spiro atoms. The van der Waals surface area contributed by atoms with Gasteiger partial charge in [-0.3, -0.25) is 9.59 Å². The number of likely N-dealkylation sites (tertiary alicyclic amines) is 1. The van der Waals surface area contributed by atoms with E-state index in [4.69, 9.17) is 16.3 Å². The normalized spacial score (nSPS) is 18.4. The van der Waals surface area contributed by atoms with Crippen molar-refractivity contribution in [3.05, 3.63) is 34.6 Å². The van der Waals surface area contributed by atoms with Crippen LogP contribution in [0.3, 0.4) is 0 Å². The van der Waals surface area contributed by atoms with Gasteiger partial charge in [-0.15, -0.1) is 0 Å². The number of nitrogens with zero attached hydrogens (tertiary/aromatic N) is 1. The van der Waals surface area contributed by atoms with E-state index >= 15 is 0 Å². The fourth-order valence-electron chi connectivity index (χ4n) is 2.45. The van der Waals surface area contributed by atoms with Crippen molar-refractivity contribution >= 4 is 23.5 Å². The van der Waals surface area contributed by atoms with Crippen molar-refractivity contribution < 1.29 is 18.7 Å². The van der Waals surface area contributed by atoms with Crippen LogP contribution in [0.15, 0.2) is 18.2 Å². The van der Waals surface area contributed by atoms with E-state index in [1.165, 1.54) is 23.1 Å². The zero-order chi connectivity index (χ0) is 15.4. The Morgan fingerprint density at radius 2 is 2.24 bits per heavy atom. The summed E-state index contributed by atoms with van der Waals surface area (Å²) in [4.78, 5) is 25.6. The number of hydrogen-bond donors (Lipinski definition) is 0. The van der Waals surface area contributed by atoms with E-state index in [0.29, 0.717) is 31.0 Å². The highest BCUT2D eigenvalue weighted by Gasteiger charge is 2.30. The Morgan fingerprint density at radius 3 is 2.95 bits per heavy atom. The van der Waals surface area contributed by atoms with Crippen LogP contribution >= 0.6 is 11.6 Å². The summed E-state index contributed by atoms with van der Waals surface area (Å²) in [7, 11) is 0. The van der Waals surface area contributed by atoms with Gasteiger partial charge in [0.25, 0.3) is 5.91 Å². The average Bonchev–Trinajstić information content (AvgIpc) is 2.49. The number of carbonyl (C=O) groups excluding carboxylic acids is 2. The van der Waals surface area contributed by atoms with Crippen molar-refractivity contribution in [2.75, 3.05) is 19.7 Å². The third-order valence-electron chi connectivity index (χ3n) is 3.49. The molecule has 0 bridgehead atoms. The van der Waals surface area contributed by atoms with Gasteiger partial charge in [-0.25, -0.2) is 4.39 Å². The van der Waals surface area contributed by atoms with Crippen LogP contribution in [0.5, 0.6) is 0 Å². The molecule has 1 heterocycles. The molecule has 4 nitrogen and oxygen atoms in total. The summed E-state index contributed by atoms with van der Waals surface area (Å²) in [6.45, 7) is 2.81. The quantitative estimate of drug-likeness (QED) is 0.806. The maximum Gasteiger partial charge on any atom is 0.310 e. The first kappa shape index (κ1) is 15.8. The van der Waals surface area contributed by atoms with Crippen molar-refractivity contribution in [3.8, 4) is 0 Å². The highest BCUT2D eigenvalue weighted by atomic mass is 35.5. The van der Waals surface area contributed by atoms with E-state index in [2.05, 4.69) is 0 Å². The van der Waals surface area contributed by atoms with Gasteiger partial charge in [0, 0.05) is 18.1 Å². The number of rotatable bonds is 3. The number of carbonyl (C=O) groups is 2. The van der Waals surface area contributed by atoms with E-state index in [0.717, 1.165) is 0 Å². The summed E-state index contributed by atoms with van der Waals surface area (Å²) in [5.41, 5.74) is -0.0630. The van der Waals surface area contributed by atoms with Crippen molar-refractivity contribution in [2.45, 2.75) is 19.8 Å². The summed E-state index contributed by atoms with van der Waals surface area (Å²) in [6, 6.07) is 3.88. The van der Waals surface area contributed by atoms with Crippen LogP contribution in [0.2, 0.25) is 5.02 Å². The Morgan fingerprint density at radius 1 is 1.48 bits per heavy atom. The van der Waals surface area contributed by atoms with E-state index < -0.39 is 11.7 Å². The highest BCUT2D eigenvalue weighted by Crippen LogP contribution is 2.22. The molecule has 21 heavy (non-hydrogen) atoms. The second-order valence-corrected chi connectivity index (χ2v) is 5.40. The lowest BCUT2D eigenvalue weighted by molar-refractivity contribution is -0.149. The van der Waals surface area contributed by atoms with Gasteiger partial charge >= 0.3 is 5.97 Å². The average molecular weight is 314 g/mol. The SMILES string of the molecule is CCOC(=O)C1CCCN(C(=O)c2cc(Cl)ccc2F)C1. The minimum atomic E-state index is -0.609. The molecular formula is C15H17ClFNO3. The largest absolute Gasteiger partial charge is 0.466 e. The monoisotopic (exact) mass is 313 g/mol. The van der Waals surface area contributed by atoms with E-state index in [9.17, 15) is 14.0 Å². The zero-order valence-electron chi connectivity index (χ0n) is 11.8. The molecule has 0 radical (unpaired) electrons. The maximum atomic E-state index is 13.8. The molecule has 1 amide bonds. The molecule has 1 aliphatic rings. The molecule has 0 N–H and O–H groups in total. The zero-order valence-corrected chi connectivity index (χ0v) is 12.5. The van der Waals surface area contributed by atoms with E-state index in [1.807, 2.05) is 0 Å². The molecule has 0 saturated carbocycles. The summed E-state index contributed by atoms with van der Waals surface area (Å²) in [6.07, 6.45) is 1.37. The number of ether oxygens (including phenoxy) is 1. The van der Waals surface area contributed by atoms with Gasteiger partial charge in [-0.1, -0.05) is 11.6 Å². The van der Waals surface area contributed by atoms with Gasteiger partial charge < -0.3 is 9.64 Å². The molecule has 1 aromatic carbocycles. The van der Waals surface area contributed by atoms with Gasteiger partial charge in [0.15, 0.2) is 0 Å². The van der Waals surface area contributed by atoms with Crippen LogP contribution in [-0.2, 0) is 9.53 Å². The molecule has 1 fully saturated rings. The van der Waals surface area contributed by atoms with Crippen molar-refractivity contribution in [1.29, 1.82) is 0 Å². The number of halogens is 2. The van der Waals surface area contributed by atoms with Crippen LogP contribution in [0.4, 0.5) is 4.39 Å². The first-order valence-corrected chi connectivity index (χ1v) is 7.31. The molecule has 1 saturated heterocycles. The van der Waals surface area contributed by atoms with Crippen LogP contribution in [0, 0.1) is 11.7 Å². The first-order chi connectivity index (χ1) is 10.0. The molecule has 6 heteroatoms. The summed E-state index contributed by atoms with van der Waals surface area (Å²) >= 11 is 5.81. The predicted molar refractivity (Wildman–Crippen MR) is 76.7 cm³/mol. The molecule has 1 aromatic rings. The molecule has 1 aliphatic heterocycles. The van der Waals surface area contributed by atoms with Crippen LogP contribution < -0.4 is 0 Å². The topological polar surface area (TPSA) is 46.6 Å². The molecule has 114 valence electrons. The fraction of sp³-hybridized carbons (Fsp3) is 0.467. The fourth-order valence-corrected chi connectivity index (χ4v) is 2.62. The first-order valence-electron chi connectivity index (χ1n) is 6.94. The number of piperidine rings is 1. The van der Waals surface area contributed by atoms with Crippen molar-refractivity contribution in [2.24, 2.45) is 5.92 Å². The molecule has 0 aromatic heterocycles. The number of amides is 1. The summed E-state index contributed by atoms with van der Waals surface area (Å²) in [5.74, 6) is -1.70. The Balaban J connectivity index is 2.12. The van der Waals surface area contributed by atoms with Gasteiger partial charge in [-0.05, 0) is 38.0 Å². The molecule has 0 aliphatic carbocycles. The van der Waals surface area contributed by atoms with Gasteiger partial charge in [0.1, 0.15) is 5.82 Å². The van der Waals surface area contributed by atoms with Crippen molar-refractivity contribution in [3.63, 3.8) is 0 Å². The predicted octanol–water partition coefficient (Wildman–Crippen LogP) is 2.89. The molecule has 1 atom stereocenters. The molecule has 1 unspecified atom stereocenters. The lowest BCUT2D eigenvalue weighted by Gasteiger charge is -2.31. The van der Waals surface area contributed by atoms with E-state index in [1.54, 1.807) is 6.92 Å². The summed E-state index contributed by atoms with van der Waals surface area (Å²) in [5, 5.41) is 0.304. The number of esters is 1. The van der Waals surface area contributed by atoms with Gasteiger partial charge in [0.2, 0.25) is 0 Å². The Labute approximate surface area is 127 Å². The van der Waals surface area contributed by atoms with E-state index in [-0.39, 0.29) is 24.0 Å². The third-order valence-corrected chi connectivity index (χ3v) is 3.72. The lowest BCUT2D eigenvalue weighted by atomic mass is 9.97. The van der Waals surface area contributed by atoms with Crippen molar-refractivity contribution in [1.82, 2.24) is 4.90 Å². The third kappa shape index (κ3) is 3.73.